The van der Waals surface area contributed by atoms with E-state index in [0.717, 1.165) is 19.3 Å². The molecule has 0 radical (unpaired) electrons. The lowest BCUT2D eigenvalue weighted by Gasteiger charge is -2.23. The number of hydrogen-bond acceptors (Lipinski definition) is 3. The molecular formula is C11H22N2OS. The summed E-state index contributed by atoms with van der Waals surface area (Å²) in [6.07, 6.45) is 3.83. The van der Waals surface area contributed by atoms with Crippen LogP contribution in [0.3, 0.4) is 0 Å². The van der Waals surface area contributed by atoms with Crippen molar-refractivity contribution >= 4 is 17.7 Å². The van der Waals surface area contributed by atoms with Gasteiger partial charge in [0.25, 0.3) is 0 Å². The van der Waals surface area contributed by atoms with E-state index in [1.54, 1.807) is 0 Å². The van der Waals surface area contributed by atoms with Gasteiger partial charge in [-0.2, -0.15) is 11.8 Å². The summed E-state index contributed by atoms with van der Waals surface area (Å²) in [6, 6.07) is 0.411. The highest BCUT2D eigenvalue weighted by Crippen LogP contribution is 2.17. The summed E-state index contributed by atoms with van der Waals surface area (Å²) in [5, 5.41) is 3.11. The first kappa shape index (κ1) is 12.8. The van der Waals surface area contributed by atoms with E-state index in [1.807, 2.05) is 11.8 Å². The molecule has 0 aromatic rings. The van der Waals surface area contributed by atoms with E-state index >= 15 is 0 Å². The maximum Gasteiger partial charge on any atom is 0.220 e. The molecule has 3 N–H and O–H groups in total. The van der Waals surface area contributed by atoms with Gasteiger partial charge < -0.3 is 11.1 Å². The summed E-state index contributed by atoms with van der Waals surface area (Å²) in [5.41, 5.74) is 5.58. The van der Waals surface area contributed by atoms with E-state index < -0.39 is 0 Å². The van der Waals surface area contributed by atoms with E-state index in [4.69, 9.17) is 5.73 Å². The average molecular weight is 230 g/mol. The number of carbonyl (C=O) groups excluding carboxylic acids is 1. The predicted octanol–water partition coefficient (Wildman–Crippen LogP) is 1.37. The molecule has 0 saturated carbocycles. The third-order valence-corrected chi connectivity index (χ3v) is 4.02. The third-order valence-electron chi connectivity index (χ3n) is 2.97. The molecule has 1 rings (SSSR count). The number of thioether (sulfide) groups is 1. The Hall–Kier alpha value is -0.220. The van der Waals surface area contributed by atoms with Crippen LogP contribution in [0.15, 0.2) is 0 Å². The van der Waals surface area contributed by atoms with Crippen molar-refractivity contribution in [3.05, 3.63) is 0 Å². The van der Waals surface area contributed by atoms with Crippen LogP contribution in [0.25, 0.3) is 0 Å². The zero-order valence-corrected chi connectivity index (χ0v) is 10.3. The minimum atomic E-state index is 0.184. The number of nitrogens with one attached hydrogen (secondary N) is 1. The van der Waals surface area contributed by atoms with Crippen LogP contribution < -0.4 is 11.1 Å². The van der Waals surface area contributed by atoms with Crippen molar-refractivity contribution in [1.29, 1.82) is 0 Å². The van der Waals surface area contributed by atoms with Gasteiger partial charge in [0.1, 0.15) is 0 Å². The summed E-state index contributed by atoms with van der Waals surface area (Å²) in [5.74, 6) is 2.89. The van der Waals surface area contributed by atoms with E-state index in [-0.39, 0.29) is 5.91 Å². The number of hydrogen-bond donors (Lipinski definition) is 2. The molecule has 1 aliphatic rings. The topological polar surface area (TPSA) is 55.1 Å². The average Bonchev–Trinajstić information content (AvgIpc) is 2.27. The molecule has 0 bridgehead atoms. The third kappa shape index (κ3) is 4.89. The Morgan fingerprint density at radius 3 is 2.73 bits per heavy atom. The monoisotopic (exact) mass is 230 g/mol. The number of rotatable bonds is 5. The molecule has 1 saturated heterocycles. The minimum absolute atomic E-state index is 0.184. The Bertz CT molecular complexity index is 189. The summed E-state index contributed by atoms with van der Waals surface area (Å²) < 4.78 is 0. The number of nitrogens with two attached hydrogens (primary N) is 1. The normalized spacial score (nSPS) is 19.9. The zero-order valence-electron chi connectivity index (χ0n) is 9.50. The smallest absolute Gasteiger partial charge is 0.220 e. The second-order valence-corrected chi connectivity index (χ2v) is 5.39. The van der Waals surface area contributed by atoms with Crippen LogP contribution in [0.1, 0.15) is 32.6 Å². The molecule has 3 nitrogen and oxygen atoms in total. The van der Waals surface area contributed by atoms with Crippen molar-refractivity contribution in [2.45, 2.75) is 38.6 Å². The molecule has 0 aromatic carbocycles. The predicted molar refractivity (Wildman–Crippen MR) is 65.9 cm³/mol. The van der Waals surface area contributed by atoms with Gasteiger partial charge in [-0.1, -0.05) is 13.3 Å². The number of carbonyl (C=O) groups is 1. The molecule has 1 fully saturated rings. The van der Waals surface area contributed by atoms with Gasteiger partial charge in [0.15, 0.2) is 0 Å². The maximum atomic E-state index is 11.7. The molecule has 1 atom stereocenters. The molecule has 1 unspecified atom stereocenters. The minimum Gasteiger partial charge on any atom is -0.353 e. The van der Waals surface area contributed by atoms with Gasteiger partial charge in [0.2, 0.25) is 5.91 Å². The van der Waals surface area contributed by atoms with Crippen LogP contribution in [0, 0.1) is 5.92 Å². The van der Waals surface area contributed by atoms with Gasteiger partial charge in [0, 0.05) is 12.5 Å². The molecule has 1 aliphatic heterocycles. The van der Waals surface area contributed by atoms with Crippen LogP contribution in [0.2, 0.25) is 0 Å². The van der Waals surface area contributed by atoms with Crippen molar-refractivity contribution in [1.82, 2.24) is 5.32 Å². The lowest BCUT2D eigenvalue weighted by molar-refractivity contribution is -0.122. The molecule has 15 heavy (non-hydrogen) atoms. The first-order valence-electron chi connectivity index (χ1n) is 5.83. The summed E-state index contributed by atoms with van der Waals surface area (Å²) in [7, 11) is 0. The quantitative estimate of drug-likeness (QED) is 0.750. The van der Waals surface area contributed by atoms with Crippen molar-refractivity contribution < 1.29 is 4.79 Å². The molecule has 0 spiro atoms. The highest BCUT2D eigenvalue weighted by atomic mass is 32.2. The fourth-order valence-corrected chi connectivity index (χ4v) is 2.89. The SMILES string of the molecule is CCC(CN)CC(=O)NC1CCSCC1. The maximum absolute atomic E-state index is 11.7. The van der Waals surface area contributed by atoms with E-state index in [1.165, 1.54) is 11.5 Å². The molecule has 88 valence electrons. The van der Waals surface area contributed by atoms with Crippen LogP contribution in [-0.4, -0.2) is 30.0 Å². The van der Waals surface area contributed by atoms with Crippen LogP contribution in [0.4, 0.5) is 0 Å². The highest BCUT2D eigenvalue weighted by molar-refractivity contribution is 7.99. The van der Waals surface area contributed by atoms with Gasteiger partial charge in [-0.3, -0.25) is 4.79 Å². The molecule has 0 aromatic heterocycles. The lowest BCUT2D eigenvalue weighted by atomic mass is 10.0. The Morgan fingerprint density at radius 2 is 2.20 bits per heavy atom. The standard InChI is InChI=1S/C11H22N2OS/c1-2-9(8-12)7-11(14)13-10-3-5-15-6-4-10/h9-10H,2-8,12H2,1H3,(H,13,14). The lowest BCUT2D eigenvalue weighted by Crippen LogP contribution is -2.38. The van der Waals surface area contributed by atoms with E-state index in [9.17, 15) is 4.79 Å². The molecule has 0 aliphatic carbocycles. The largest absolute Gasteiger partial charge is 0.353 e. The highest BCUT2D eigenvalue weighted by Gasteiger charge is 2.17. The van der Waals surface area contributed by atoms with Crippen LogP contribution >= 0.6 is 11.8 Å². The Labute approximate surface area is 96.6 Å². The van der Waals surface area contributed by atoms with Gasteiger partial charge in [-0.05, 0) is 36.8 Å². The van der Waals surface area contributed by atoms with Crippen molar-refractivity contribution in [2.75, 3.05) is 18.1 Å². The fourth-order valence-electron chi connectivity index (χ4n) is 1.79. The van der Waals surface area contributed by atoms with Gasteiger partial charge in [-0.15, -0.1) is 0 Å². The van der Waals surface area contributed by atoms with Gasteiger partial charge in [0.05, 0.1) is 0 Å². The van der Waals surface area contributed by atoms with Crippen molar-refractivity contribution in [2.24, 2.45) is 11.7 Å². The van der Waals surface area contributed by atoms with Crippen LogP contribution in [-0.2, 0) is 4.79 Å². The number of amides is 1. The van der Waals surface area contributed by atoms with Gasteiger partial charge in [-0.25, -0.2) is 0 Å². The van der Waals surface area contributed by atoms with Crippen molar-refractivity contribution in [3.8, 4) is 0 Å². The first-order chi connectivity index (χ1) is 7.26. The fraction of sp³-hybridized carbons (Fsp3) is 0.909. The molecule has 1 amide bonds. The Kier molecular flexibility index (Phi) is 6.10. The summed E-state index contributed by atoms with van der Waals surface area (Å²) >= 11 is 1.98. The summed E-state index contributed by atoms with van der Waals surface area (Å²) in [6.45, 7) is 2.70. The second-order valence-electron chi connectivity index (χ2n) is 4.17. The molecule has 4 heteroatoms. The first-order valence-corrected chi connectivity index (χ1v) is 6.99. The zero-order chi connectivity index (χ0) is 11.1. The Balaban J connectivity index is 2.21. The van der Waals surface area contributed by atoms with Crippen molar-refractivity contribution in [3.63, 3.8) is 0 Å². The second kappa shape index (κ2) is 7.12. The van der Waals surface area contributed by atoms with E-state index in [2.05, 4.69) is 12.2 Å². The molecular weight excluding hydrogens is 208 g/mol. The summed E-state index contributed by atoms with van der Waals surface area (Å²) in [4.78, 5) is 11.7. The molecule has 1 heterocycles. The van der Waals surface area contributed by atoms with Gasteiger partial charge >= 0.3 is 0 Å². The van der Waals surface area contributed by atoms with Crippen LogP contribution in [0.5, 0.6) is 0 Å². The Morgan fingerprint density at radius 1 is 1.53 bits per heavy atom. The van der Waals surface area contributed by atoms with E-state index in [0.29, 0.717) is 24.9 Å².